The molecule has 0 radical (unpaired) electrons. The largest absolute Gasteiger partial charge is 0.497 e. The smallest absolute Gasteiger partial charge is 0.337 e. The van der Waals surface area contributed by atoms with Crippen LogP contribution in [-0.4, -0.2) is 20.2 Å². The molecule has 2 aromatic rings. The third kappa shape index (κ3) is 2.81. The van der Waals surface area contributed by atoms with Crippen LogP contribution in [0.1, 0.15) is 39.7 Å². The SMILES string of the molecule is COC(=O)c1cccc([C@H]2C[C@@H]2c2ccc(OC)cc2Cl)c1. The normalized spacial score (nSPS) is 19.6. The molecule has 0 heterocycles. The van der Waals surface area contributed by atoms with Gasteiger partial charge < -0.3 is 9.47 Å². The van der Waals surface area contributed by atoms with E-state index in [4.69, 9.17) is 21.1 Å². The standard InChI is InChI=1S/C18H17ClO3/c1-21-13-6-7-14(17(19)9-13)16-10-15(16)11-4-3-5-12(8-11)18(20)22-2/h3-9,15-16H,10H2,1-2H3/t15-,16-/m1/s1. The maximum atomic E-state index is 11.6. The predicted molar refractivity (Wildman–Crippen MR) is 85.9 cm³/mol. The number of esters is 1. The highest BCUT2D eigenvalue weighted by molar-refractivity contribution is 6.31. The summed E-state index contributed by atoms with van der Waals surface area (Å²) in [6, 6.07) is 13.4. The van der Waals surface area contributed by atoms with Crippen LogP contribution in [0.4, 0.5) is 0 Å². The Morgan fingerprint density at radius 3 is 2.64 bits per heavy atom. The second-order valence-corrected chi connectivity index (χ2v) is 5.86. The highest BCUT2D eigenvalue weighted by atomic mass is 35.5. The van der Waals surface area contributed by atoms with Crippen molar-refractivity contribution in [3.05, 3.63) is 64.2 Å². The second kappa shape index (κ2) is 6.01. The first kappa shape index (κ1) is 14.9. The molecule has 0 spiro atoms. The van der Waals surface area contributed by atoms with Crippen molar-refractivity contribution in [3.8, 4) is 5.75 Å². The van der Waals surface area contributed by atoms with Crippen LogP contribution in [0, 0.1) is 0 Å². The molecule has 1 aliphatic rings. The third-order valence-electron chi connectivity index (χ3n) is 4.13. The molecule has 0 aromatic heterocycles. The summed E-state index contributed by atoms with van der Waals surface area (Å²) < 4.78 is 9.95. The van der Waals surface area contributed by atoms with Crippen LogP contribution in [0.25, 0.3) is 0 Å². The first-order valence-electron chi connectivity index (χ1n) is 7.15. The summed E-state index contributed by atoms with van der Waals surface area (Å²) in [5.74, 6) is 1.25. The molecule has 4 heteroatoms. The van der Waals surface area contributed by atoms with Gasteiger partial charge in [-0.1, -0.05) is 29.8 Å². The van der Waals surface area contributed by atoms with Crippen molar-refractivity contribution in [2.24, 2.45) is 0 Å². The molecule has 1 saturated carbocycles. The molecular weight excluding hydrogens is 300 g/mol. The van der Waals surface area contributed by atoms with Crippen LogP contribution in [0.5, 0.6) is 5.75 Å². The van der Waals surface area contributed by atoms with E-state index in [2.05, 4.69) is 6.07 Å². The molecule has 22 heavy (non-hydrogen) atoms. The van der Waals surface area contributed by atoms with Crippen LogP contribution in [-0.2, 0) is 4.74 Å². The molecule has 2 aromatic carbocycles. The molecular formula is C18H17ClO3. The molecule has 0 aliphatic heterocycles. The highest BCUT2D eigenvalue weighted by Crippen LogP contribution is 2.56. The van der Waals surface area contributed by atoms with Gasteiger partial charge in [-0.15, -0.1) is 0 Å². The number of halogens is 1. The van der Waals surface area contributed by atoms with Gasteiger partial charge in [0.2, 0.25) is 0 Å². The van der Waals surface area contributed by atoms with Crippen molar-refractivity contribution in [2.45, 2.75) is 18.3 Å². The van der Waals surface area contributed by atoms with Gasteiger partial charge in [0.05, 0.1) is 19.8 Å². The zero-order valence-electron chi connectivity index (χ0n) is 12.5. The number of hydrogen-bond acceptors (Lipinski definition) is 3. The number of carbonyl (C=O) groups excluding carboxylic acids is 1. The molecule has 3 nitrogen and oxygen atoms in total. The zero-order chi connectivity index (χ0) is 15.7. The van der Waals surface area contributed by atoms with Crippen LogP contribution in [0.2, 0.25) is 5.02 Å². The molecule has 2 atom stereocenters. The van der Waals surface area contributed by atoms with Crippen molar-refractivity contribution in [1.29, 1.82) is 0 Å². The van der Waals surface area contributed by atoms with Crippen molar-refractivity contribution in [2.75, 3.05) is 14.2 Å². The summed E-state index contributed by atoms with van der Waals surface area (Å²) in [4.78, 5) is 11.6. The number of carbonyl (C=O) groups is 1. The molecule has 0 saturated heterocycles. The average molecular weight is 317 g/mol. The van der Waals surface area contributed by atoms with Gasteiger partial charge >= 0.3 is 5.97 Å². The number of benzene rings is 2. The van der Waals surface area contributed by atoms with Crippen LogP contribution in [0.15, 0.2) is 42.5 Å². The Morgan fingerprint density at radius 1 is 1.14 bits per heavy atom. The summed E-state index contributed by atoms with van der Waals surface area (Å²) in [7, 11) is 3.02. The monoisotopic (exact) mass is 316 g/mol. The third-order valence-corrected chi connectivity index (χ3v) is 4.46. The summed E-state index contributed by atoms with van der Waals surface area (Å²) in [6.45, 7) is 0. The van der Waals surface area contributed by atoms with Crippen molar-refractivity contribution >= 4 is 17.6 Å². The molecule has 0 N–H and O–H groups in total. The van der Waals surface area contributed by atoms with Gasteiger partial charge in [-0.2, -0.15) is 0 Å². The Hall–Kier alpha value is -2.00. The minimum Gasteiger partial charge on any atom is -0.497 e. The van der Waals surface area contributed by atoms with E-state index in [1.54, 1.807) is 13.2 Å². The lowest BCUT2D eigenvalue weighted by molar-refractivity contribution is 0.0600. The van der Waals surface area contributed by atoms with Crippen LogP contribution < -0.4 is 4.74 Å². The maximum absolute atomic E-state index is 11.6. The van der Waals surface area contributed by atoms with Gasteiger partial charge in [-0.3, -0.25) is 0 Å². The molecule has 114 valence electrons. The minimum absolute atomic E-state index is 0.304. The number of ether oxygens (including phenoxy) is 2. The molecule has 1 aliphatic carbocycles. The van der Waals surface area contributed by atoms with Crippen LogP contribution >= 0.6 is 11.6 Å². The fourth-order valence-electron chi connectivity index (χ4n) is 2.86. The Labute approximate surface area is 134 Å². The Morgan fingerprint density at radius 2 is 1.95 bits per heavy atom. The summed E-state index contributed by atoms with van der Waals surface area (Å²) in [5.41, 5.74) is 2.88. The topological polar surface area (TPSA) is 35.5 Å². The molecule has 0 bridgehead atoms. The van der Waals surface area contributed by atoms with Crippen molar-refractivity contribution < 1.29 is 14.3 Å². The number of methoxy groups -OCH3 is 2. The van der Waals surface area contributed by atoms with Gasteiger partial charge in [0.1, 0.15) is 5.75 Å². The van der Waals surface area contributed by atoms with Crippen molar-refractivity contribution in [1.82, 2.24) is 0 Å². The molecule has 0 amide bonds. The summed E-state index contributed by atoms with van der Waals surface area (Å²) in [5, 5.41) is 0.732. The van der Waals surface area contributed by atoms with E-state index >= 15 is 0 Å². The second-order valence-electron chi connectivity index (χ2n) is 5.45. The Kier molecular flexibility index (Phi) is 4.08. The molecule has 3 rings (SSSR count). The van der Waals surface area contributed by atoms with E-state index in [-0.39, 0.29) is 5.97 Å². The first-order valence-corrected chi connectivity index (χ1v) is 7.53. The van der Waals surface area contributed by atoms with Gasteiger partial charge in [0.25, 0.3) is 0 Å². The first-order chi connectivity index (χ1) is 10.6. The zero-order valence-corrected chi connectivity index (χ0v) is 13.3. The number of hydrogen-bond donors (Lipinski definition) is 0. The van der Waals surface area contributed by atoms with Crippen LogP contribution in [0.3, 0.4) is 0 Å². The summed E-state index contributed by atoms with van der Waals surface area (Å²) in [6.07, 6.45) is 1.04. The quantitative estimate of drug-likeness (QED) is 0.784. The van der Waals surface area contributed by atoms with E-state index in [0.29, 0.717) is 17.4 Å². The predicted octanol–water partition coefficient (Wildman–Crippen LogP) is 4.41. The average Bonchev–Trinajstić information content (AvgIpc) is 3.34. The Bertz CT molecular complexity index is 711. The Balaban J connectivity index is 1.81. The van der Waals surface area contributed by atoms with E-state index in [1.807, 2.05) is 30.3 Å². The summed E-state index contributed by atoms with van der Waals surface area (Å²) >= 11 is 6.35. The van der Waals surface area contributed by atoms with Crippen molar-refractivity contribution in [3.63, 3.8) is 0 Å². The van der Waals surface area contributed by atoms with E-state index in [9.17, 15) is 4.79 Å². The number of rotatable bonds is 4. The lowest BCUT2D eigenvalue weighted by Crippen LogP contribution is -2.01. The minimum atomic E-state index is -0.304. The van der Waals surface area contributed by atoms with Gasteiger partial charge in [0, 0.05) is 5.02 Å². The fraction of sp³-hybridized carbons (Fsp3) is 0.278. The maximum Gasteiger partial charge on any atom is 0.337 e. The van der Waals surface area contributed by atoms with Gasteiger partial charge in [0.15, 0.2) is 0 Å². The van der Waals surface area contributed by atoms with Gasteiger partial charge in [-0.05, 0) is 53.6 Å². The highest BCUT2D eigenvalue weighted by Gasteiger charge is 2.40. The lowest BCUT2D eigenvalue weighted by Gasteiger charge is -2.07. The van der Waals surface area contributed by atoms with Gasteiger partial charge in [-0.25, -0.2) is 4.79 Å². The van der Waals surface area contributed by atoms with E-state index in [1.165, 1.54) is 7.11 Å². The van der Waals surface area contributed by atoms with E-state index in [0.717, 1.165) is 28.3 Å². The molecule has 1 fully saturated rings. The fourth-order valence-corrected chi connectivity index (χ4v) is 3.17. The molecule has 0 unspecified atom stereocenters. The lowest BCUT2D eigenvalue weighted by atomic mass is 10.0. The van der Waals surface area contributed by atoms with E-state index < -0.39 is 0 Å².